The maximum atomic E-state index is 13.1. The average Bonchev–Trinajstić information content (AvgIpc) is 2.75. The lowest BCUT2D eigenvalue weighted by Crippen LogP contribution is -2.45. The Bertz CT molecular complexity index is 1200. The van der Waals surface area contributed by atoms with Gasteiger partial charge >= 0.3 is 0 Å². The first-order valence-corrected chi connectivity index (χ1v) is 12.7. The number of anilines is 2. The summed E-state index contributed by atoms with van der Waals surface area (Å²) >= 11 is 7.69. The molecule has 0 aliphatic heterocycles. The highest BCUT2D eigenvalue weighted by molar-refractivity contribution is 7.99. The molecule has 0 aliphatic carbocycles. The highest BCUT2D eigenvalue weighted by Crippen LogP contribution is 2.34. The van der Waals surface area contributed by atoms with Crippen molar-refractivity contribution in [3.8, 4) is 5.75 Å². The zero-order valence-corrected chi connectivity index (χ0v) is 20.2. The summed E-state index contributed by atoms with van der Waals surface area (Å²) in [7, 11) is -2.31. The number of benzene rings is 3. The van der Waals surface area contributed by atoms with Crippen LogP contribution >= 0.6 is 23.4 Å². The van der Waals surface area contributed by atoms with E-state index in [1.54, 1.807) is 18.2 Å². The van der Waals surface area contributed by atoms with Crippen LogP contribution in [0.2, 0.25) is 5.02 Å². The molecule has 0 saturated heterocycles. The molecular formula is C23H23ClN2O4S2. The normalized spacial score (nSPS) is 12.1. The number of nitrogens with zero attached hydrogens (tertiary/aromatic N) is 1. The maximum absolute atomic E-state index is 13.1. The molecule has 0 radical (unpaired) electrons. The molecule has 168 valence electrons. The van der Waals surface area contributed by atoms with Gasteiger partial charge < -0.3 is 10.1 Å². The average molecular weight is 491 g/mol. The van der Waals surface area contributed by atoms with Crippen molar-refractivity contribution < 1.29 is 17.9 Å². The number of para-hydroxylation sites is 1. The van der Waals surface area contributed by atoms with Gasteiger partial charge in [-0.15, -0.1) is 0 Å². The van der Waals surface area contributed by atoms with E-state index in [0.717, 1.165) is 20.4 Å². The summed E-state index contributed by atoms with van der Waals surface area (Å²) in [5.74, 6) is -0.0590. The number of hydrogen-bond donors (Lipinski definition) is 1. The van der Waals surface area contributed by atoms with Crippen molar-refractivity contribution >= 4 is 50.7 Å². The molecule has 1 atom stereocenters. The standard InChI is InChI=1S/C23H23ClN2O4S2/c1-16(26(32(3,28)29)17-13-14-21(30-2)19(24)15-17)23(27)25-20-11-7-8-12-22(20)31-18-9-5-4-6-10-18/h4-16H,1-3H3,(H,25,27)/t16-/m1/s1. The molecule has 0 saturated carbocycles. The fourth-order valence-corrected chi connectivity index (χ4v) is 5.45. The Labute approximate surface area is 197 Å². The predicted molar refractivity (Wildman–Crippen MR) is 130 cm³/mol. The van der Waals surface area contributed by atoms with Crippen molar-refractivity contribution in [1.29, 1.82) is 0 Å². The second-order valence-electron chi connectivity index (χ2n) is 6.95. The fraction of sp³-hybridized carbons (Fsp3) is 0.174. The van der Waals surface area contributed by atoms with Gasteiger partial charge in [-0.05, 0) is 49.4 Å². The molecule has 9 heteroatoms. The molecule has 32 heavy (non-hydrogen) atoms. The summed E-state index contributed by atoms with van der Waals surface area (Å²) in [6.07, 6.45) is 1.05. The molecule has 0 unspecified atom stereocenters. The van der Waals surface area contributed by atoms with E-state index in [0.29, 0.717) is 11.4 Å². The van der Waals surface area contributed by atoms with Gasteiger partial charge in [0.15, 0.2) is 0 Å². The first kappa shape index (κ1) is 24.0. The van der Waals surface area contributed by atoms with Crippen LogP contribution in [0.1, 0.15) is 6.92 Å². The fourth-order valence-electron chi connectivity index (χ4n) is 3.11. The minimum absolute atomic E-state index is 0.246. The van der Waals surface area contributed by atoms with Crippen LogP contribution in [0.4, 0.5) is 11.4 Å². The summed E-state index contributed by atoms with van der Waals surface area (Å²) in [6, 6.07) is 20.7. The van der Waals surface area contributed by atoms with Crippen LogP contribution in [-0.2, 0) is 14.8 Å². The number of amides is 1. The van der Waals surface area contributed by atoms with E-state index in [4.69, 9.17) is 16.3 Å². The third-order valence-electron chi connectivity index (χ3n) is 4.59. The lowest BCUT2D eigenvalue weighted by Gasteiger charge is -2.28. The number of nitrogens with one attached hydrogen (secondary N) is 1. The van der Waals surface area contributed by atoms with Crippen LogP contribution in [0.5, 0.6) is 5.75 Å². The van der Waals surface area contributed by atoms with E-state index in [9.17, 15) is 13.2 Å². The number of halogens is 1. The Morgan fingerprint density at radius 1 is 1.06 bits per heavy atom. The van der Waals surface area contributed by atoms with Crippen molar-refractivity contribution in [2.24, 2.45) is 0 Å². The second kappa shape index (κ2) is 10.3. The van der Waals surface area contributed by atoms with Crippen molar-refractivity contribution in [1.82, 2.24) is 0 Å². The SMILES string of the molecule is COc1ccc(N([C@H](C)C(=O)Nc2ccccc2Sc2ccccc2)S(C)(=O)=O)cc1Cl. The Kier molecular flexibility index (Phi) is 7.71. The van der Waals surface area contributed by atoms with Gasteiger partial charge in [0.1, 0.15) is 11.8 Å². The minimum Gasteiger partial charge on any atom is -0.495 e. The van der Waals surface area contributed by atoms with E-state index >= 15 is 0 Å². The molecule has 3 aromatic carbocycles. The van der Waals surface area contributed by atoms with E-state index in [1.807, 2.05) is 48.5 Å². The number of sulfonamides is 1. The highest BCUT2D eigenvalue weighted by Gasteiger charge is 2.30. The summed E-state index contributed by atoms with van der Waals surface area (Å²) in [5.41, 5.74) is 0.868. The topological polar surface area (TPSA) is 75.7 Å². The minimum atomic E-state index is -3.78. The summed E-state index contributed by atoms with van der Waals surface area (Å²) in [5, 5.41) is 3.11. The molecular weight excluding hydrogens is 468 g/mol. The van der Waals surface area contributed by atoms with Crippen LogP contribution in [0.3, 0.4) is 0 Å². The lowest BCUT2D eigenvalue weighted by molar-refractivity contribution is -0.116. The Morgan fingerprint density at radius 2 is 1.72 bits per heavy atom. The number of methoxy groups -OCH3 is 1. The molecule has 0 aliphatic rings. The van der Waals surface area contributed by atoms with Crippen molar-refractivity contribution in [2.45, 2.75) is 22.8 Å². The Morgan fingerprint density at radius 3 is 2.34 bits per heavy atom. The van der Waals surface area contributed by atoms with Gasteiger partial charge in [-0.3, -0.25) is 9.10 Å². The molecule has 3 rings (SSSR count). The first-order valence-electron chi connectivity index (χ1n) is 9.66. The summed E-state index contributed by atoms with van der Waals surface area (Å²) < 4.78 is 31.3. The van der Waals surface area contributed by atoms with Gasteiger partial charge in [0.2, 0.25) is 15.9 Å². The van der Waals surface area contributed by atoms with Gasteiger partial charge in [0.05, 0.1) is 29.8 Å². The van der Waals surface area contributed by atoms with E-state index in [-0.39, 0.29) is 10.7 Å². The van der Waals surface area contributed by atoms with Crippen LogP contribution in [-0.4, -0.2) is 33.7 Å². The number of hydrogen-bond acceptors (Lipinski definition) is 5. The van der Waals surface area contributed by atoms with Gasteiger partial charge in [0, 0.05) is 9.79 Å². The summed E-state index contributed by atoms with van der Waals surface area (Å²) in [6.45, 7) is 1.53. The molecule has 0 aromatic heterocycles. The molecule has 0 heterocycles. The van der Waals surface area contributed by atoms with Gasteiger partial charge in [-0.1, -0.05) is 53.7 Å². The number of rotatable bonds is 8. The summed E-state index contributed by atoms with van der Waals surface area (Å²) in [4.78, 5) is 15.0. The van der Waals surface area contributed by atoms with Crippen molar-refractivity contribution in [3.63, 3.8) is 0 Å². The lowest BCUT2D eigenvalue weighted by atomic mass is 10.2. The first-order chi connectivity index (χ1) is 15.2. The van der Waals surface area contributed by atoms with Crippen LogP contribution in [0, 0.1) is 0 Å². The molecule has 0 bridgehead atoms. The van der Waals surface area contributed by atoms with E-state index in [1.165, 1.54) is 31.9 Å². The quantitative estimate of drug-likeness (QED) is 0.464. The van der Waals surface area contributed by atoms with E-state index < -0.39 is 22.0 Å². The molecule has 1 N–H and O–H groups in total. The highest BCUT2D eigenvalue weighted by atomic mass is 35.5. The number of ether oxygens (including phenoxy) is 1. The van der Waals surface area contributed by atoms with Crippen LogP contribution < -0.4 is 14.4 Å². The van der Waals surface area contributed by atoms with Gasteiger partial charge in [-0.25, -0.2) is 8.42 Å². The molecule has 1 amide bonds. The third kappa shape index (κ3) is 5.76. The predicted octanol–water partition coefficient (Wildman–Crippen LogP) is 5.29. The Balaban J connectivity index is 1.87. The van der Waals surface area contributed by atoms with Gasteiger partial charge in [-0.2, -0.15) is 0 Å². The van der Waals surface area contributed by atoms with E-state index in [2.05, 4.69) is 5.32 Å². The van der Waals surface area contributed by atoms with Gasteiger partial charge in [0.25, 0.3) is 0 Å². The smallest absolute Gasteiger partial charge is 0.248 e. The second-order valence-corrected chi connectivity index (χ2v) is 10.3. The van der Waals surface area contributed by atoms with Crippen molar-refractivity contribution in [2.75, 3.05) is 23.0 Å². The number of carbonyl (C=O) groups is 1. The number of carbonyl (C=O) groups excluding carboxylic acids is 1. The molecule has 6 nitrogen and oxygen atoms in total. The largest absolute Gasteiger partial charge is 0.495 e. The zero-order chi connectivity index (χ0) is 23.3. The maximum Gasteiger partial charge on any atom is 0.248 e. The third-order valence-corrected chi connectivity index (χ3v) is 7.22. The monoisotopic (exact) mass is 490 g/mol. The van der Waals surface area contributed by atoms with Crippen LogP contribution in [0.25, 0.3) is 0 Å². The van der Waals surface area contributed by atoms with Crippen LogP contribution in [0.15, 0.2) is 82.6 Å². The molecule has 3 aromatic rings. The Hall–Kier alpha value is -2.68. The molecule has 0 fully saturated rings. The zero-order valence-electron chi connectivity index (χ0n) is 17.8. The molecule has 0 spiro atoms. The van der Waals surface area contributed by atoms with Crippen molar-refractivity contribution in [3.05, 3.63) is 77.8 Å².